The molecule has 1 fully saturated rings. The van der Waals surface area contributed by atoms with Crippen LogP contribution in [0.25, 0.3) is 21.9 Å². The van der Waals surface area contributed by atoms with Crippen LogP contribution in [0.5, 0.6) is 0 Å². The van der Waals surface area contributed by atoms with E-state index in [1.807, 2.05) is 6.92 Å². The Balaban J connectivity index is 1.45. The smallest absolute Gasteiger partial charge is 0.150 e. The van der Waals surface area contributed by atoms with E-state index in [0.717, 1.165) is 73.1 Å². The number of fused-ring (bicyclic) bond motifs is 3. The maximum Gasteiger partial charge on any atom is 0.150 e. The lowest BCUT2D eigenvalue weighted by molar-refractivity contribution is 0.0318. The highest BCUT2D eigenvalue weighted by atomic mass is 16.5. The first-order valence-electron chi connectivity index (χ1n) is 10.2. The van der Waals surface area contributed by atoms with Crippen molar-refractivity contribution in [3.8, 4) is 0 Å². The van der Waals surface area contributed by atoms with Crippen LogP contribution in [0.3, 0.4) is 0 Å². The second-order valence-electron chi connectivity index (χ2n) is 7.32. The summed E-state index contributed by atoms with van der Waals surface area (Å²) in [5, 5.41) is 4.38. The van der Waals surface area contributed by atoms with Gasteiger partial charge in [-0.1, -0.05) is 12.1 Å². The molecule has 0 radical (unpaired) electrons. The van der Waals surface area contributed by atoms with Gasteiger partial charge in [-0.25, -0.2) is 9.97 Å². The fourth-order valence-electron chi connectivity index (χ4n) is 3.77. The van der Waals surface area contributed by atoms with Crippen molar-refractivity contribution >= 4 is 27.8 Å². The molecule has 0 atom stereocenters. The van der Waals surface area contributed by atoms with Crippen molar-refractivity contribution in [3.05, 3.63) is 29.6 Å². The fourth-order valence-corrected chi connectivity index (χ4v) is 3.77. The lowest BCUT2D eigenvalue weighted by atomic mass is 10.1. The van der Waals surface area contributed by atoms with Crippen LogP contribution in [0.1, 0.15) is 37.6 Å². The highest BCUT2D eigenvalue weighted by Gasteiger charge is 2.14. The van der Waals surface area contributed by atoms with Gasteiger partial charge in [-0.3, -0.25) is 0 Å². The molecule has 1 aliphatic rings. The number of anilines is 1. The number of nitrogens with one attached hydrogen (secondary N) is 2. The number of aromatic amines is 1. The zero-order chi connectivity index (χ0) is 19.3. The first-order valence-corrected chi connectivity index (χ1v) is 10.2. The van der Waals surface area contributed by atoms with Gasteiger partial charge in [0.05, 0.1) is 11.6 Å². The van der Waals surface area contributed by atoms with Crippen LogP contribution in [0.4, 0.5) is 5.82 Å². The molecule has 3 heterocycles. The average Bonchev–Trinajstić information content (AvgIpc) is 3.15. The Morgan fingerprint density at radius 3 is 2.89 bits per heavy atom. The summed E-state index contributed by atoms with van der Waals surface area (Å²) < 4.78 is 11.5. The van der Waals surface area contributed by atoms with Crippen molar-refractivity contribution in [2.75, 3.05) is 32.0 Å². The Kier molecular flexibility index (Phi) is 6.04. The Bertz CT molecular complexity index is 933. The van der Waals surface area contributed by atoms with Crippen molar-refractivity contribution < 1.29 is 9.47 Å². The Morgan fingerprint density at radius 2 is 2.07 bits per heavy atom. The van der Waals surface area contributed by atoms with Crippen LogP contribution < -0.4 is 11.1 Å². The second-order valence-corrected chi connectivity index (χ2v) is 7.32. The van der Waals surface area contributed by atoms with E-state index < -0.39 is 0 Å². The molecule has 7 nitrogen and oxygen atoms in total. The first-order chi connectivity index (χ1) is 13.7. The molecule has 4 rings (SSSR count). The molecule has 0 bridgehead atoms. The van der Waals surface area contributed by atoms with Crippen molar-refractivity contribution in [1.82, 2.24) is 20.3 Å². The normalized spacial score (nSPS) is 15.6. The summed E-state index contributed by atoms with van der Waals surface area (Å²) in [6, 6.07) is 6.37. The third kappa shape index (κ3) is 4.27. The van der Waals surface area contributed by atoms with Gasteiger partial charge in [-0.05, 0) is 57.3 Å². The number of imidazole rings is 1. The molecule has 0 spiro atoms. The molecular weight excluding hydrogens is 354 g/mol. The van der Waals surface area contributed by atoms with Crippen LogP contribution in [0.15, 0.2) is 18.2 Å². The molecule has 7 heteroatoms. The van der Waals surface area contributed by atoms with E-state index in [9.17, 15) is 0 Å². The zero-order valence-corrected chi connectivity index (χ0v) is 16.5. The molecule has 28 heavy (non-hydrogen) atoms. The van der Waals surface area contributed by atoms with Crippen molar-refractivity contribution in [2.45, 2.75) is 45.3 Å². The minimum absolute atomic E-state index is 0.415. The van der Waals surface area contributed by atoms with Crippen molar-refractivity contribution in [3.63, 3.8) is 0 Å². The number of nitrogens with zero attached hydrogens (tertiary/aromatic N) is 2. The minimum atomic E-state index is 0.415. The summed E-state index contributed by atoms with van der Waals surface area (Å²) in [6.45, 7) is 5.99. The summed E-state index contributed by atoms with van der Waals surface area (Å²) in [4.78, 5) is 12.5. The second kappa shape index (κ2) is 8.86. The SMILES string of the molecule is CCOCc1nc2c([nH]1)c(N)nc1cc(CCCOC3CCNCC3)ccc12. The predicted molar refractivity (Wildman–Crippen MR) is 111 cm³/mol. The van der Waals surface area contributed by atoms with Gasteiger partial charge in [0.1, 0.15) is 29.3 Å². The molecule has 1 aliphatic heterocycles. The lowest BCUT2D eigenvalue weighted by Gasteiger charge is -2.22. The molecule has 0 saturated carbocycles. The summed E-state index contributed by atoms with van der Waals surface area (Å²) in [5.41, 5.74) is 9.95. The van der Waals surface area contributed by atoms with Crippen LogP contribution in [-0.4, -0.2) is 47.4 Å². The topological polar surface area (TPSA) is 98.1 Å². The number of benzene rings is 1. The maximum atomic E-state index is 6.17. The van der Waals surface area contributed by atoms with Gasteiger partial charge in [0.25, 0.3) is 0 Å². The monoisotopic (exact) mass is 383 g/mol. The number of hydrogen-bond donors (Lipinski definition) is 3. The molecule has 150 valence electrons. The molecule has 2 aromatic heterocycles. The van der Waals surface area contributed by atoms with E-state index in [-0.39, 0.29) is 0 Å². The highest BCUT2D eigenvalue weighted by molar-refractivity contribution is 6.06. The quantitative estimate of drug-likeness (QED) is 0.518. The Labute approximate surface area is 165 Å². The highest BCUT2D eigenvalue weighted by Crippen LogP contribution is 2.27. The molecule has 4 N–H and O–H groups in total. The zero-order valence-electron chi connectivity index (χ0n) is 16.5. The van der Waals surface area contributed by atoms with E-state index in [4.69, 9.17) is 15.2 Å². The van der Waals surface area contributed by atoms with Crippen LogP contribution in [0, 0.1) is 0 Å². The number of aromatic nitrogens is 3. The maximum absolute atomic E-state index is 6.17. The van der Waals surface area contributed by atoms with Crippen LogP contribution in [-0.2, 0) is 22.5 Å². The van der Waals surface area contributed by atoms with Gasteiger partial charge in [-0.2, -0.15) is 0 Å². The van der Waals surface area contributed by atoms with Gasteiger partial charge in [0.15, 0.2) is 0 Å². The summed E-state index contributed by atoms with van der Waals surface area (Å²) >= 11 is 0. The average molecular weight is 383 g/mol. The van der Waals surface area contributed by atoms with E-state index >= 15 is 0 Å². The van der Waals surface area contributed by atoms with Crippen LogP contribution >= 0.6 is 0 Å². The summed E-state index contributed by atoms with van der Waals surface area (Å²) in [5.74, 6) is 1.25. The molecule has 0 aliphatic carbocycles. The molecule has 0 amide bonds. The molecule has 0 unspecified atom stereocenters. The van der Waals surface area contributed by atoms with E-state index in [1.165, 1.54) is 5.56 Å². The molecule has 3 aromatic rings. The fraction of sp³-hybridized carbons (Fsp3) is 0.524. The summed E-state index contributed by atoms with van der Waals surface area (Å²) in [7, 11) is 0. The number of hydrogen-bond acceptors (Lipinski definition) is 6. The number of rotatable bonds is 8. The van der Waals surface area contributed by atoms with E-state index in [0.29, 0.717) is 25.1 Å². The number of aryl methyl sites for hydroxylation is 1. The van der Waals surface area contributed by atoms with Crippen LogP contribution in [0.2, 0.25) is 0 Å². The molecule has 1 saturated heterocycles. The van der Waals surface area contributed by atoms with Gasteiger partial charge in [0.2, 0.25) is 0 Å². The van der Waals surface area contributed by atoms with E-state index in [2.05, 4.69) is 38.5 Å². The van der Waals surface area contributed by atoms with Gasteiger partial charge >= 0.3 is 0 Å². The van der Waals surface area contributed by atoms with Gasteiger partial charge in [-0.15, -0.1) is 0 Å². The Hall–Kier alpha value is -2.22. The standard InChI is InChI=1S/C21H29N5O2/c1-2-27-13-18-25-19-16-6-5-14(12-17(16)24-21(22)20(19)26-18)4-3-11-28-15-7-9-23-10-8-15/h5-6,12,15,23H,2-4,7-11,13H2,1H3,(H2,22,24)(H,25,26). The van der Waals surface area contributed by atoms with Crippen molar-refractivity contribution in [1.29, 1.82) is 0 Å². The third-order valence-electron chi connectivity index (χ3n) is 5.26. The number of nitrogen functional groups attached to an aromatic ring is 1. The molecular formula is C21H29N5O2. The first kappa shape index (κ1) is 19.1. The third-order valence-corrected chi connectivity index (χ3v) is 5.26. The van der Waals surface area contributed by atoms with Crippen molar-refractivity contribution in [2.24, 2.45) is 0 Å². The number of piperidine rings is 1. The Morgan fingerprint density at radius 1 is 1.21 bits per heavy atom. The largest absolute Gasteiger partial charge is 0.382 e. The minimum Gasteiger partial charge on any atom is -0.382 e. The number of H-pyrrole nitrogens is 1. The number of pyridine rings is 1. The predicted octanol–water partition coefficient (Wildman–Crippen LogP) is 2.93. The van der Waals surface area contributed by atoms with Gasteiger partial charge in [0, 0.05) is 18.6 Å². The molecule has 1 aromatic carbocycles. The number of ether oxygens (including phenoxy) is 2. The lowest BCUT2D eigenvalue weighted by Crippen LogP contribution is -2.32. The summed E-state index contributed by atoms with van der Waals surface area (Å²) in [6.07, 6.45) is 4.62. The number of nitrogens with two attached hydrogens (primary N) is 1. The van der Waals surface area contributed by atoms with E-state index in [1.54, 1.807) is 0 Å². The van der Waals surface area contributed by atoms with Gasteiger partial charge < -0.3 is 25.5 Å².